The van der Waals surface area contributed by atoms with E-state index in [9.17, 15) is 14.7 Å². The third kappa shape index (κ3) is 7.62. The molecule has 0 amide bonds. The molecule has 1 aromatic rings. The molecule has 4 atom stereocenters. The van der Waals surface area contributed by atoms with Gasteiger partial charge in [0.25, 0.3) is 0 Å². The zero-order chi connectivity index (χ0) is 36.5. The van der Waals surface area contributed by atoms with Crippen LogP contribution in [0.4, 0.5) is 0 Å². The highest BCUT2D eigenvalue weighted by molar-refractivity contribution is 6.00. The number of phenolic OH excluding ortho intramolecular Hbond substituents is 1. The lowest BCUT2D eigenvalue weighted by Gasteiger charge is -2.53. The summed E-state index contributed by atoms with van der Waals surface area (Å²) in [5.74, 6) is -0.654. The second-order valence-corrected chi connectivity index (χ2v) is 19.9. The quantitative estimate of drug-likeness (QED) is 0.161. The normalized spacial score (nSPS) is 28.2. The number of likely N-dealkylation sites (tertiary alicyclic amines) is 1. The largest absolute Gasteiger partial charge is 0.507 e. The van der Waals surface area contributed by atoms with Crippen molar-refractivity contribution in [1.82, 2.24) is 9.80 Å². The van der Waals surface area contributed by atoms with E-state index in [1.54, 1.807) is 0 Å². The van der Waals surface area contributed by atoms with Crippen molar-refractivity contribution in [2.75, 3.05) is 13.6 Å². The molecule has 3 aliphatic rings. The first-order valence-electron chi connectivity index (χ1n) is 18.5. The second kappa shape index (κ2) is 12.6. The van der Waals surface area contributed by atoms with Crippen molar-refractivity contribution < 1.29 is 24.2 Å². The van der Waals surface area contributed by atoms with Crippen LogP contribution in [0.2, 0.25) is 0 Å². The van der Waals surface area contributed by atoms with Gasteiger partial charge < -0.3 is 14.6 Å². The Bertz CT molecular complexity index is 1330. The van der Waals surface area contributed by atoms with Gasteiger partial charge in [-0.1, -0.05) is 73.4 Å². The van der Waals surface area contributed by atoms with Crippen molar-refractivity contribution in [2.45, 2.75) is 193 Å². The molecule has 1 N–H and O–H groups in total. The van der Waals surface area contributed by atoms with Gasteiger partial charge in [-0.05, 0) is 95.9 Å². The topological polar surface area (TPSA) is 79.1 Å². The van der Waals surface area contributed by atoms with E-state index in [2.05, 4.69) is 114 Å². The molecule has 7 nitrogen and oxygen atoms in total. The lowest BCUT2D eigenvalue weighted by Crippen LogP contribution is -2.61. The molecule has 0 spiro atoms. The van der Waals surface area contributed by atoms with Crippen LogP contribution in [0.5, 0.6) is 5.75 Å². The number of unbranched alkanes of at least 4 members (excludes halogenated alkanes) is 1. The number of aromatic hydroxyl groups is 1. The van der Waals surface area contributed by atoms with Gasteiger partial charge in [0.2, 0.25) is 0 Å². The number of benzene rings is 1. The number of hydrogen-bond donors (Lipinski definition) is 1. The van der Waals surface area contributed by atoms with Crippen LogP contribution in [0, 0.1) is 5.41 Å². The predicted molar refractivity (Wildman–Crippen MR) is 195 cm³/mol. The molecule has 3 saturated heterocycles. The van der Waals surface area contributed by atoms with Crippen molar-refractivity contribution >= 4 is 11.9 Å². The Morgan fingerprint density at radius 3 is 1.65 bits per heavy atom. The Morgan fingerprint density at radius 2 is 1.23 bits per heavy atom. The van der Waals surface area contributed by atoms with Gasteiger partial charge in [-0.2, -0.15) is 0 Å². The predicted octanol–water partition coefficient (Wildman–Crippen LogP) is 8.46. The van der Waals surface area contributed by atoms with Gasteiger partial charge in [-0.15, -0.1) is 0 Å². The van der Waals surface area contributed by atoms with Crippen molar-refractivity contribution in [1.29, 1.82) is 0 Å². The molecule has 0 saturated carbocycles. The lowest BCUT2D eigenvalue weighted by atomic mass is 9.73. The fraction of sp³-hybridized carbons (Fsp3) is 0.805. The van der Waals surface area contributed by atoms with E-state index in [-0.39, 0.29) is 57.4 Å². The zero-order valence-electron chi connectivity index (χ0n) is 33.1. The number of carbonyl (C=O) groups excluding carboxylic acids is 2. The van der Waals surface area contributed by atoms with Gasteiger partial charge in [0.1, 0.15) is 18.0 Å². The van der Waals surface area contributed by atoms with Gasteiger partial charge >= 0.3 is 11.9 Å². The molecule has 4 unspecified atom stereocenters. The van der Waals surface area contributed by atoms with Crippen molar-refractivity contribution in [3.05, 3.63) is 28.8 Å². The SMILES string of the molecule is CCCCC(Cc1cc(C(C)(C)C)c(O)c(C(C)(C)C)c1)(C(=O)OC1CC(C)(C)N(C)C(C)(C)C1)C(=O)OC1CC(C)(C)N2CC2(C)C1. The Labute approximate surface area is 292 Å². The van der Waals surface area contributed by atoms with Gasteiger partial charge in [0.15, 0.2) is 5.41 Å². The number of fused-ring (bicyclic) bond motifs is 1. The molecule has 0 radical (unpaired) electrons. The third-order valence-electron chi connectivity index (χ3n) is 12.0. The van der Waals surface area contributed by atoms with E-state index in [4.69, 9.17) is 9.47 Å². The number of ether oxygens (including phenoxy) is 2. The minimum absolute atomic E-state index is 0.0186. The zero-order valence-corrected chi connectivity index (χ0v) is 33.1. The van der Waals surface area contributed by atoms with E-state index < -0.39 is 17.4 Å². The van der Waals surface area contributed by atoms with Gasteiger partial charge in [-0.3, -0.25) is 19.4 Å². The number of esters is 2. The highest BCUT2D eigenvalue weighted by Gasteiger charge is 2.61. The van der Waals surface area contributed by atoms with E-state index in [1.807, 2.05) is 12.1 Å². The van der Waals surface area contributed by atoms with Crippen molar-refractivity contribution in [2.24, 2.45) is 5.41 Å². The minimum Gasteiger partial charge on any atom is -0.507 e. The molecular weight excluding hydrogens is 600 g/mol. The van der Waals surface area contributed by atoms with Crippen molar-refractivity contribution in [3.8, 4) is 5.75 Å². The number of rotatable bonds is 9. The fourth-order valence-electron chi connectivity index (χ4n) is 8.92. The maximum Gasteiger partial charge on any atom is 0.324 e. The van der Waals surface area contributed by atoms with E-state index in [0.29, 0.717) is 25.7 Å². The summed E-state index contributed by atoms with van der Waals surface area (Å²) >= 11 is 0. The van der Waals surface area contributed by atoms with Crippen LogP contribution >= 0.6 is 0 Å². The van der Waals surface area contributed by atoms with Crippen LogP contribution in [0.25, 0.3) is 0 Å². The molecule has 1 aromatic carbocycles. The first kappa shape index (κ1) is 38.7. The summed E-state index contributed by atoms with van der Waals surface area (Å²) in [6, 6.07) is 4.00. The Morgan fingerprint density at radius 1 is 0.792 bits per heavy atom. The number of carbonyl (C=O) groups is 2. The van der Waals surface area contributed by atoms with Gasteiger partial charge in [-0.25, -0.2) is 0 Å². The molecule has 0 aliphatic carbocycles. The van der Waals surface area contributed by atoms with E-state index in [1.165, 1.54) is 0 Å². The minimum atomic E-state index is -1.51. The van der Waals surface area contributed by atoms with Crippen LogP contribution in [-0.2, 0) is 36.3 Å². The van der Waals surface area contributed by atoms with Crippen LogP contribution in [-0.4, -0.2) is 74.8 Å². The highest BCUT2D eigenvalue weighted by atomic mass is 16.6. The molecule has 3 aliphatic heterocycles. The smallest absolute Gasteiger partial charge is 0.324 e. The van der Waals surface area contributed by atoms with E-state index in [0.717, 1.165) is 42.5 Å². The Kier molecular flexibility index (Phi) is 10.1. The molecule has 48 heavy (non-hydrogen) atoms. The Hall–Kier alpha value is -2.12. The summed E-state index contributed by atoms with van der Waals surface area (Å²) in [4.78, 5) is 34.7. The summed E-state index contributed by atoms with van der Waals surface area (Å²) < 4.78 is 13.1. The lowest BCUT2D eigenvalue weighted by molar-refractivity contribution is -0.186. The molecule has 4 rings (SSSR count). The highest BCUT2D eigenvalue weighted by Crippen LogP contribution is 2.51. The van der Waals surface area contributed by atoms with Gasteiger partial charge in [0, 0.05) is 54.4 Å². The monoisotopic (exact) mass is 669 g/mol. The summed E-state index contributed by atoms with van der Waals surface area (Å²) in [6.07, 6.45) is 4.28. The number of hydrogen-bond acceptors (Lipinski definition) is 7. The Balaban J connectivity index is 1.82. The maximum absolute atomic E-state index is 14.9. The molecule has 3 fully saturated rings. The summed E-state index contributed by atoms with van der Waals surface area (Å²) in [7, 11) is 2.14. The second-order valence-electron chi connectivity index (χ2n) is 19.9. The first-order chi connectivity index (χ1) is 21.7. The van der Waals surface area contributed by atoms with Crippen molar-refractivity contribution in [3.63, 3.8) is 0 Å². The van der Waals surface area contributed by atoms with Crippen LogP contribution in [0.1, 0.15) is 159 Å². The third-order valence-corrected chi connectivity index (χ3v) is 12.0. The number of piperidine rings is 2. The van der Waals surface area contributed by atoms with Crippen LogP contribution in [0.3, 0.4) is 0 Å². The molecule has 272 valence electrons. The maximum atomic E-state index is 14.9. The summed E-state index contributed by atoms with van der Waals surface area (Å²) in [6.45, 7) is 31.1. The van der Waals surface area contributed by atoms with Crippen LogP contribution < -0.4 is 0 Å². The molecule has 0 aromatic heterocycles. The summed E-state index contributed by atoms with van der Waals surface area (Å²) in [5.41, 5.74) is -0.175. The fourth-order valence-corrected chi connectivity index (χ4v) is 8.92. The summed E-state index contributed by atoms with van der Waals surface area (Å²) in [5, 5.41) is 11.5. The van der Waals surface area contributed by atoms with Gasteiger partial charge in [0.05, 0.1) is 0 Å². The number of nitrogens with zero attached hydrogens (tertiary/aromatic N) is 2. The average Bonchev–Trinajstić information content (AvgIpc) is 3.61. The van der Waals surface area contributed by atoms with E-state index >= 15 is 0 Å². The average molecular weight is 669 g/mol. The molecular formula is C41H68N2O5. The van der Waals surface area contributed by atoms with Crippen LogP contribution in [0.15, 0.2) is 12.1 Å². The molecule has 0 bridgehead atoms. The molecule has 3 heterocycles. The standard InChI is InChI=1S/C41H68N2O5/c1-16-17-18-41(33(45)47-28-22-37(8,9)42(15)38(10,11)23-28,34(46)48-29-24-39(12,13)43-26-40(43,14)25-29)21-27-19-30(35(2,3)4)32(44)31(20-27)36(5,6)7/h19-20,28-29,44H,16-18,21-26H2,1-15H3. The number of phenols is 1. The molecule has 7 heteroatoms. The first-order valence-corrected chi connectivity index (χ1v) is 18.5.